The summed E-state index contributed by atoms with van der Waals surface area (Å²) in [7, 11) is 0. The topological polar surface area (TPSA) is 73.9 Å². The van der Waals surface area contributed by atoms with Crippen molar-refractivity contribution in [1.29, 1.82) is 0 Å². The highest BCUT2D eigenvalue weighted by Gasteiger charge is 2.59. The van der Waals surface area contributed by atoms with Crippen molar-refractivity contribution in [2.45, 2.75) is 102 Å². The van der Waals surface area contributed by atoms with Gasteiger partial charge in [-0.3, -0.25) is 4.79 Å². The summed E-state index contributed by atoms with van der Waals surface area (Å²) in [5.74, 6) is 0.901. The Morgan fingerprint density at radius 1 is 0.970 bits per heavy atom. The Bertz CT molecular complexity index is 781. The zero-order valence-electron chi connectivity index (χ0n) is 20.0. The first-order valence-corrected chi connectivity index (χ1v) is 12.8. The Morgan fingerprint density at radius 2 is 1.70 bits per heavy atom. The average Bonchev–Trinajstić information content (AvgIpc) is 2.77. The number of hydrogen-bond donors (Lipinski definition) is 1. The maximum Gasteiger partial charge on any atom is 0.407 e. The molecule has 182 valence electrons. The van der Waals surface area contributed by atoms with Gasteiger partial charge in [0.1, 0.15) is 6.61 Å². The number of esters is 1. The maximum atomic E-state index is 12.6. The van der Waals surface area contributed by atoms with E-state index in [0.29, 0.717) is 18.3 Å². The molecule has 2 unspecified atom stereocenters. The lowest BCUT2D eigenvalue weighted by Gasteiger charge is -2.61. The van der Waals surface area contributed by atoms with E-state index in [-0.39, 0.29) is 36.6 Å². The van der Waals surface area contributed by atoms with Gasteiger partial charge in [-0.05, 0) is 62.3 Å². The highest BCUT2D eigenvalue weighted by Crippen LogP contribution is 2.58. The normalized spacial score (nSPS) is 29.6. The average molecular weight is 458 g/mol. The molecule has 4 aliphatic rings. The van der Waals surface area contributed by atoms with Gasteiger partial charge in [0.2, 0.25) is 0 Å². The van der Waals surface area contributed by atoms with E-state index >= 15 is 0 Å². The van der Waals surface area contributed by atoms with Crippen molar-refractivity contribution in [3.63, 3.8) is 0 Å². The molecule has 0 aromatic heterocycles. The van der Waals surface area contributed by atoms with Crippen LogP contribution in [0.15, 0.2) is 30.3 Å². The fraction of sp³-hybridized carbons (Fsp3) is 0.704. The molecule has 6 nitrogen and oxygen atoms in total. The van der Waals surface area contributed by atoms with Crippen LogP contribution >= 0.6 is 0 Å². The van der Waals surface area contributed by atoms with E-state index < -0.39 is 0 Å². The fourth-order valence-electron chi connectivity index (χ4n) is 6.63. The Hall–Kier alpha value is -2.08. The second-order valence-electron chi connectivity index (χ2n) is 10.6. The van der Waals surface area contributed by atoms with Crippen molar-refractivity contribution in [3.8, 4) is 0 Å². The van der Waals surface area contributed by atoms with E-state index in [1.807, 2.05) is 30.3 Å². The van der Waals surface area contributed by atoms with Crippen LogP contribution in [0.25, 0.3) is 0 Å². The van der Waals surface area contributed by atoms with Crippen LogP contribution in [0, 0.1) is 11.8 Å². The molecule has 1 amide bonds. The third-order valence-electron chi connectivity index (χ3n) is 7.66. The minimum absolute atomic E-state index is 0.0156. The number of ether oxygens (including phenoxy) is 3. The van der Waals surface area contributed by atoms with Gasteiger partial charge < -0.3 is 19.5 Å². The van der Waals surface area contributed by atoms with Gasteiger partial charge in [0.15, 0.2) is 6.79 Å². The molecule has 4 saturated carbocycles. The summed E-state index contributed by atoms with van der Waals surface area (Å²) < 4.78 is 17.2. The molecule has 4 fully saturated rings. The second kappa shape index (κ2) is 10.9. The number of alkyl carbamates (subject to hydrolysis) is 1. The van der Waals surface area contributed by atoms with E-state index in [1.165, 1.54) is 25.7 Å². The number of carbonyl (C=O) groups is 2. The lowest BCUT2D eigenvalue weighted by molar-refractivity contribution is -0.216. The molecule has 0 radical (unpaired) electrons. The highest BCUT2D eigenvalue weighted by atomic mass is 16.7. The molecule has 0 heterocycles. The Labute approximate surface area is 197 Å². The van der Waals surface area contributed by atoms with Crippen LogP contribution in [0.3, 0.4) is 0 Å². The zero-order valence-corrected chi connectivity index (χ0v) is 20.0. The third kappa shape index (κ3) is 6.50. The van der Waals surface area contributed by atoms with Crippen LogP contribution in [0.4, 0.5) is 4.79 Å². The summed E-state index contributed by atoms with van der Waals surface area (Å²) >= 11 is 0. The summed E-state index contributed by atoms with van der Waals surface area (Å²) in [5.41, 5.74) is 0.393. The monoisotopic (exact) mass is 457 g/mol. The molecule has 33 heavy (non-hydrogen) atoms. The summed E-state index contributed by atoms with van der Waals surface area (Å²) in [6.07, 6.45) is 11.6. The summed E-state index contributed by atoms with van der Waals surface area (Å²) in [6.45, 7) is 2.47. The molecule has 4 aliphatic carbocycles. The van der Waals surface area contributed by atoms with Gasteiger partial charge in [-0.2, -0.15) is 0 Å². The minimum atomic E-state index is -0.356. The molecule has 6 heteroatoms. The van der Waals surface area contributed by atoms with Gasteiger partial charge in [0.25, 0.3) is 0 Å². The molecule has 1 aromatic rings. The molecular formula is C27H39NO5. The molecular weight excluding hydrogens is 418 g/mol. The van der Waals surface area contributed by atoms with Crippen LogP contribution in [0.1, 0.15) is 89.5 Å². The fourth-order valence-corrected chi connectivity index (χ4v) is 6.63. The largest absolute Gasteiger partial charge is 0.445 e. The molecule has 1 aromatic carbocycles. The van der Waals surface area contributed by atoms with Gasteiger partial charge in [-0.25, -0.2) is 4.79 Å². The van der Waals surface area contributed by atoms with Crippen molar-refractivity contribution in [2.75, 3.05) is 6.79 Å². The van der Waals surface area contributed by atoms with Gasteiger partial charge in [0, 0.05) is 12.0 Å². The van der Waals surface area contributed by atoms with Crippen molar-refractivity contribution in [2.24, 2.45) is 11.8 Å². The van der Waals surface area contributed by atoms with Crippen LogP contribution in [0.2, 0.25) is 0 Å². The van der Waals surface area contributed by atoms with Gasteiger partial charge in [0.05, 0.1) is 5.60 Å². The Kier molecular flexibility index (Phi) is 7.94. The van der Waals surface area contributed by atoms with E-state index in [1.54, 1.807) is 0 Å². The zero-order chi connectivity index (χ0) is 23.2. The summed E-state index contributed by atoms with van der Waals surface area (Å²) in [5, 5.41) is 3.21. The van der Waals surface area contributed by atoms with Crippen LogP contribution in [-0.2, 0) is 25.6 Å². The quantitative estimate of drug-likeness (QED) is 0.241. The van der Waals surface area contributed by atoms with Crippen molar-refractivity contribution in [1.82, 2.24) is 5.32 Å². The number of hydrogen-bond acceptors (Lipinski definition) is 5. The lowest BCUT2D eigenvalue weighted by atomic mass is 9.51. The number of benzene rings is 1. The standard InChI is InChI=1S/C27H39NO5/c1-2-3-4-5-9-12-24(29)32-20-33-27-16-22-13-23(17-27)15-26(14-22,19-27)28-25(30)31-18-21-10-7-6-8-11-21/h6-8,10-11,22-23H,2-5,9,12-20H2,1H3,(H,28,30). The highest BCUT2D eigenvalue weighted by molar-refractivity contribution is 5.69. The second-order valence-corrected chi connectivity index (χ2v) is 10.6. The first kappa shape index (κ1) is 24.1. The van der Waals surface area contributed by atoms with Gasteiger partial charge >= 0.3 is 12.1 Å². The van der Waals surface area contributed by atoms with Gasteiger partial charge in [-0.15, -0.1) is 0 Å². The molecule has 0 spiro atoms. The van der Waals surface area contributed by atoms with Crippen LogP contribution in [-0.4, -0.2) is 30.0 Å². The third-order valence-corrected chi connectivity index (χ3v) is 7.66. The Balaban J connectivity index is 1.25. The predicted molar refractivity (Wildman–Crippen MR) is 125 cm³/mol. The molecule has 5 rings (SSSR count). The van der Waals surface area contributed by atoms with Crippen LogP contribution < -0.4 is 5.32 Å². The number of carbonyl (C=O) groups excluding carboxylic acids is 2. The van der Waals surface area contributed by atoms with Crippen molar-refractivity contribution in [3.05, 3.63) is 35.9 Å². The van der Waals surface area contributed by atoms with Gasteiger partial charge in [-0.1, -0.05) is 62.9 Å². The van der Waals surface area contributed by atoms with Crippen molar-refractivity contribution < 1.29 is 23.8 Å². The smallest absolute Gasteiger partial charge is 0.407 e. The van der Waals surface area contributed by atoms with Crippen molar-refractivity contribution >= 4 is 12.1 Å². The van der Waals surface area contributed by atoms with E-state index in [2.05, 4.69) is 12.2 Å². The number of amides is 1. The number of rotatable bonds is 12. The SMILES string of the molecule is CCCCCCCC(=O)OCOC12CC3CC(CC(NC(=O)OCc4ccccc4)(C3)C1)C2. The van der Waals surface area contributed by atoms with E-state index in [9.17, 15) is 9.59 Å². The predicted octanol–water partition coefficient (Wildman–Crippen LogP) is 5.88. The van der Waals surface area contributed by atoms with E-state index in [0.717, 1.165) is 50.5 Å². The molecule has 1 N–H and O–H groups in total. The first-order valence-electron chi connectivity index (χ1n) is 12.8. The Morgan fingerprint density at radius 3 is 2.42 bits per heavy atom. The lowest BCUT2D eigenvalue weighted by Crippen LogP contribution is -2.66. The molecule has 0 aliphatic heterocycles. The summed E-state index contributed by atoms with van der Waals surface area (Å²) in [6, 6.07) is 9.73. The minimum Gasteiger partial charge on any atom is -0.445 e. The number of unbranched alkanes of at least 4 members (excludes halogenated alkanes) is 4. The number of nitrogens with one attached hydrogen (secondary N) is 1. The summed E-state index contributed by atoms with van der Waals surface area (Å²) in [4.78, 5) is 24.7. The maximum absolute atomic E-state index is 12.6. The molecule has 0 saturated heterocycles. The molecule has 4 bridgehead atoms. The van der Waals surface area contributed by atoms with Crippen LogP contribution in [0.5, 0.6) is 0 Å². The van der Waals surface area contributed by atoms with E-state index in [4.69, 9.17) is 14.2 Å². The first-order chi connectivity index (χ1) is 16.0. The molecule has 2 atom stereocenters.